The van der Waals surface area contributed by atoms with Crippen molar-refractivity contribution < 1.29 is 9.53 Å². The molecule has 0 saturated carbocycles. The van der Waals surface area contributed by atoms with Gasteiger partial charge in [0.25, 0.3) is 0 Å². The fraction of sp³-hybridized carbons (Fsp3) is 0.875. The molecule has 0 aliphatic rings. The maximum absolute atomic E-state index is 10.7. The molecule has 1 atom stereocenters. The lowest BCUT2D eigenvalue weighted by Gasteiger charge is -2.07. The van der Waals surface area contributed by atoms with Crippen LogP contribution in [0.2, 0.25) is 0 Å². The van der Waals surface area contributed by atoms with Crippen molar-refractivity contribution in [2.45, 2.75) is 33.7 Å². The average Bonchev–Trinajstić information content (AvgIpc) is 2.07. The molecule has 0 amide bonds. The molecule has 1 N–H and O–H groups in total. The summed E-state index contributed by atoms with van der Waals surface area (Å²) in [7, 11) is 1.72. The van der Waals surface area contributed by atoms with Gasteiger partial charge >= 0.3 is 5.97 Å². The molecule has 0 aliphatic carbocycles. The fourth-order valence-corrected chi connectivity index (χ4v) is 0.385. The molecule has 68 valence electrons. The number of hydrogen-bond donors (Lipinski definition) is 1. The average molecular weight is 161 g/mol. The lowest BCUT2D eigenvalue weighted by atomic mass is 10.3. The third kappa shape index (κ3) is 7.33. The summed E-state index contributed by atoms with van der Waals surface area (Å²) in [6.07, 6.45) is 0. The summed E-state index contributed by atoms with van der Waals surface area (Å²) >= 11 is 0. The number of hydrogen-bond acceptors (Lipinski definition) is 3. The lowest BCUT2D eigenvalue weighted by molar-refractivity contribution is -0.144. The van der Waals surface area contributed by atoms with Crippen LogP contribution in [0.25, 0.3) is 0 Å². The minimum atomic E-state index is -0.194. The monoisotopic (exact) mass is 161 g/mol. The van der Waals surface area contributed by atoms with Gasteiger partial charge in [-0.3, -0.25) is 4.79 Å². The van der Waals surface area contributed by atoms with Crippen LogP contribution in [-0.2, 0) is 9.53 Å². The molecule has 0 aliphatic heterocycles. The van der Waals surface area contributed by atoms with Gasteiger partial charge in [-0.05, 0) is 20.9 Å². The third-order valence-corrected chi connectivity index (χ3v) is 1.07. The first kappa shape index (κ1) is 13.1. The highest BCUT2D eigenvalue weighted by molar-refractivity contribution is 5.75. The van der Waals surface area contributed by atoms with E-state index in [0.29, 0.717) is 6.61 Å². The van der Waals surface area contributed by atoms with Crippen LogP contribution in [0.15, 0.2) is 0 Å². The Labute approximate surface area is 69.1 Å². The Morgan fingerprint density at radius 2 is 2.00 bits per heavy atom. The van der Waals surface area contributed by atoms with Crippen LogP contribution >= 0.6 is 0 Å². The van der Waals surface area contributed by atoms with Crippen LogP contribution in [0, 0.1) is 0 Å². The molecule has 0 aromatic carbocycles. The van der Waals surface area contributed by atoms with Gasteiger partial charge in [-0.1, -0.05) is 13.8 Å². The number of carbonyl (C=O) groups excluding carboxylic acids is 1. The first-order valence-corrected chi connectivity index (χ1v) is 4.06. The smallest absolute Gasteiger partial charge is 0.322 e. The molecule has 0 heterocycles. The predicted molar refractivity (Wildman–Crippen MR) is 46.5 cm³/mol. The Balaban J connectivity index is 0. The van der Waals surface area contributed by atoms with E-state index in [1.54, 1.807) is 20.9 Å². The second kappa shape index (κ2) is 9.43. The van der Waals surface area contributed by atoms with Crippen molar-refractivity contribution in [2.24, 2.45) is 0 Å². The van der Waals surface area contributed by atoms with E-state index in [-0.39, 0.29) is 12.0 Å². The molecule has 3 nitrogen and oxygen atoms in total. The minimum absolute atomic E-state index is 0.190. The minimum Gasteiger partial charge on any atom is -0.465 e. The molecule has 0 unspecified atom stereocenters. The molecule has 0 spiro atoms. The van der Waals surface area contributed by atoms with Crippen molar-refractivity contribution in [1.82, 2.24) is 5.32 Å². The van der Waals surface area contributed by atoms with Gasteiger partial charge in [0.1, 0.15) is 6.04 Å². The number of rotatable bonds is 3. The molecule has 0 rings (SSSR count). The maximum Gasteiger partial charge on any atom is 0.322 e. The topological polar surface area (TPSA) is 38.3 Å². The first-order valence-electron chi connectivity index (χ1n) is 4.06. The van der Waals surface area contributed by atoms with E-state index in [0.717, 1.165) is 0 Å². The van der Waals surface area contributed by atoms with Crippen LogP contribution < -0.4 is 5.32 Å². The summed E-state index contributed by atoms with van der Waals surface area (Å²) in [6, 6.07) is -0.190. The van der Waals surface area contributed by atoms with Crippen LogP contribution in [0.1, 0.15) is 27.7 Å². The molecule has 3 heteroatoms. The molecule has 0 saturated heterocycles. The number of likely N-dealkylation sites (N-methyl/N-ethyl adjacent to an activating group) is 1. The van der Waals surface area contributed by atoms with Crippen LogP contribution in [0.3, 0.4) is 0 Å². The summed E-state index contributed by atoms with van der Waals surface area (Å²) in [6.45, 7) is 8.00. The second-order valence-electron chi connectivity index (χ2n) is 1.76. The van der Waals surface area contributed by atoms with E-state index >= 15 is 0 Å². The Hall–Kier alpha value is -0.570. The summed E-state index contributed by atoms with van der Waals surface area (Å²) < 4.78 is 4.69. The van der Waals surface area contributed by atoms with Crippen molar-refractivity contribution in [3.05, 3.63) is 0 Å². The SMILES string of the molecule is CC.CCOC(=O)[C@H](C)NC. The molecule has 0 aromatic heterocycles. The van der Waals surface area contributed by atoms with Crippen molar-refractivity contribution in [1.29, 1.82) is 0 Å². The quantitative estimate of drug-likeness (QED) is 0.632. The Kier molecular flexibility index (Phi) is 11.2. The number of ether oxygens (including phenoxy) is 1. The zero-order valence-corrected chi connectivity index (χ0v) is 8.10. The first-order chi connectivity index (χ1) is 5.22. The normalized spacial score (nSPS) is 11.0. The third-order valence-electron chi connectivity index (χ3n) is 1.07. The number of nitrogens with one attached hydrogen (secondary N) is 1. The van der Waals surface area contributed by atoms with Crippen LogP contribution in [0.5, 0.6) is 0 Å². The molecule has 0 radical (unpaired) electrons. The summed E-state index contributed by atoms with van der Waals surface area (Å²) in [4.78, 5) is 10.7. The highest BCUT2D eigenvalue weighted by atomic mass is 16.5. The van der Waals surface area contributed by atoms with E-state index in [1.807, 2.05) is 13.8 Å². The molecule has 0 bridgehead atoms. The lowest BCUT2D eigenvalue weighted by Crippen LogP contribution is -2.32. The van der Waals surface area contributed by atoms with Gasteiger partial charge in [-0.15, -0.1) is 0 Å². The van der Waals surface area contributed by atoms with Gasteiger partial charge in [0.2, 0.25) is 0 Å². The molecule has 0 aromatic rings. The predicted octanol–water partition coefficient (Wildman–Crippen LogP) is 1.18. The van der Waals surface area contributed by atoms with Gasteiger partial charge in [-0.2, -0.15) is 0 Å². The molecular formula is C8H19NO2. The van der Waals surface area contributed by atoms with E-state index in [2.05, 4.69) is 5.32 Å². The van der Waals surface area contributed by atoms with Gasteiger partial charge in [0, 0.05) is 0 Å². The summed E-state index contributed by atoms with van der Waals surface area (Å²) in [5.74, 6) is -0.194. The van der Waals surface area contributed by atoms with Gasteiger partial charge < -0.3 is 10.1 Å². The Morgan fingerprint density at radius 3 is 2.27 bits per heavy atom. The van der Waals surface area contributed by atoms with Gasteiger partial charge in [-0.25, -0.2) is 0 Å². The fourth-order valence-electron chi connectivity index (χ4n) is 0.385. The Morgan fingerprint density at radius 1 is 1.55 bits per heavy atom. The van der Waals surface area contributed by atoms with E-state index in [1.165, 1.54) is 0 Å². The molecule has 11 heavy (non-hydrogen) atoms. The maximum atomic E-state index is 10.7. The summed E-state index contributed by atoms with van der Waals surface area (Å²) in [5.41, 5.74) is 0. The highest BCUT2D eigenvalue weighted by Gasteiger charge is 2.09. The van der Waals surface area contributed by atoms with E-state index in [4.69, 9.17) is 4.74 Å². The number of esters is 1. The molecule has 0 fully saturated rings. The van der Waals surface area contributed by atoms with E-state index in [9.17, 15) is 4.79 Å². The summed E-state index contributed by atoms with van der Waals surface area (Å²) in [5, 5.41) is 2.77. The van der Waals surface area contributed by atoms with Gasteiger partial charge in [0.05, 0.1) is 6.61 Å². The van der Waals surface area contributed by atoms with Crippen molar-refractivity contribution in [3.8, 4) is 0 Å². The number of carbonyl (C=O) groups is 1. The zero-order valence-electron chi connectivity index (χ0n) is 8.10. The van der Waals surface area contributed by atoms with Crippen LogP contribution in [0.4, 0.5) is 0 Å². The van der Waals surface area contributed by atoms with Crippen molar-refractivity contribution in [2.75, 3.05) is 13.7 Å². The molecular weight excluding hydrogens is 142 g/mol. The van der Waals surface area contributed by atoms with E-state index < -0.39 is 0 Å². The van der Waals surface area contributed by atoms with Gasteiger partial charge in [0.15, 0.2) is 0 Å². The largest absolute Gasteiger partial charge is 0.465 e. The highest BCUT2D eigenvalue weighted by Crippen LogP contribution is 1.84. The standard InChI is InChI=1S/C6H13NO2.C2H6/c1-4-9-6(8)5(2)7-3;1-2/h5,7H,4H2,1-3H3;1-2H3/t5-;/m0./s1. The second-order valence-corrected chi connectivity index (χ2v) is 1.76. The van der Waals surface area contributed by atoms with Crippen LogP contribution in [-0.4, -0.2) is 25.7 Å². The Bertz CT molecular complexity index is 94.1. The van der Waals surface area contributed by atoms with Crippen molar-refractivity contribution in [3.63, 3.8) is 0 Å². The van der Waals surface area contributed by atoms with Crippen molar-refractivity contribution >= 4 is 5.97 Å². The zero-order chi connectivity index (χ0) is 9.28.